The van der Waals surface area contributed by atoms with E-state index < -0.39 is 0 Å². The van der Waals surface area contributed by atoms with Crippen molar-refractivity contribution in [1.29, 1.82) is 0 Å². The summed E-state index contributed by atoms with van der Waals surface area (Å²) in [5, 5.41) is 3.66. The number of ether oxygens (including phenoxy) is 1. The fourth-order valence-corrected chi connectivity index (χ4v) is 2.13. The third-order valence-electron chi connectivity index (χ3n) is 3.15. The molecule has 120 valence electrons. The molecule has 0 bridgehead atoms. The van der Waals surface area contributed by atoms with Gasteiger partial charge < -0.3 is 15.0 Å². The monoisotopic (exact) mass is 330 g/mol. The lowest BCUT2D eigenvalue weighted by molar-refractivity contribution is 0.363. The zero-order chi connectivity index (χ0) is 16.7. The highest BCUT2D eigenvalue weighted by Gasteiger charge is 2.06. The molecule has 0 aromatic heterocycles. The first-order valence-electron chi connectivity index (χ1n) is 7.19. The van der Waals surface area contributed by atoms with Crippen LogP contribution in [0.1, 0.15) is 5.56 Å². The summed E-state index contributed by atoms with van der Waals surface area (Å²) in [6, 6.07) is 13.9. The maximum atomic E-state index is 12.9. The van der Waals surface area contributed by atoms with Crippen LogP contribution in [0.2, 0.25) is 0 Å². The van der Waals surface area contributed by atoms with E-state index in [2.05, 4.69) is 11.9 Å². The first-order chi connectivity index (χ1) is 11.1. The molecule has 3 nitrogen and oxygen atoms in total. The quantitative estimate of drug-likeness (QED) is 0.633. The SMILES string of the molecule is C=CCOc1ccc(CN(C)C(=S)Nc2ccc(F)cc2)cc1. The predicted molar refractivity (Wildman–Crippen MR) is 96.2 cm³/mol. The molecule has 1 N–H and O–H groups in total. The van der Waals surface area contributed by atoms with Crippen molar-refractivity contribution in [1.82, 2.24) is 4.90 Å². The van der Waals surface area contributed by atoms with Crippen molar-refractivity contribution in [3.8, 4) is 5.75 Å². The van der Waals surface area contributed by atoms with Gasteiger partial charge in [0, 0.05) is 19.3 Å². The van der Waals surface area contributed by atoms with Gasteiger partial charge in [-0.2, -0.15) is 0 Å². The molecule has 2 aromatic carbocycles. The molecular formula is C18H19FN2OS. The summed E-state index contributed by atoms with van der Waals surface area (Å²) in [5.74, 6) is 0.539. The number of hydrogen-bond donors (Lipinski definition) is 1. The Morgan fingerprint density at radius 3 is 2.48 bits per heavy atom. The molecule has 0 unspecified atom stereocenters. The molecule has 0 aliphatic rings. The highest BCUT2D eigenvalue weighted by molar-refractivity contribution is 7.80. The average Bonchev–Trinajstić information content (AvgIpc) is 2.56. The van der Waals surface area contributed by atoms with Gasteiger partial charge in [-0.25, -0.2) is 4.39 Å². The van der Waals surface area contributed by atoms with Crippen molar-refractivity contribution in [2.24, 2.45) is 0 Å². The summed E-state index contributed by atoms with van der Waals surface area (Å²) in [7, 11) is 1.90. The molecule has 0 amide bonds. The highest BCUT2D eigenvalue weighted by atomic mass is 32.1. The maximum Gasteiger partial charge on any atom is 0.173 e. The van der Waals surface area contributed by atoms with Gasteiger partial charge in [-0.15, -0.1) is 0 Å². The first kappa shape index (κ1) is 17.0. The summed E-state index contributed by atoms with van der Waals surface area (Å²) in [6.45, 7) is 4.77. The van der Waals surface area contributed by atoms with E-state index in [1.807, 2.05) is 36.2 Å². The number of halogens is 1. The van der Waals surface area contributed by atoms with Gasteiger partial charge in [-0.1, -0.05) is 24.8 Å². The second kappa shape index (κ2) is 8.29. The molecule has 0 aliphatic heterocycles. The normalized spacial score (nSPS) is 10.0. The molecule has 0 aliphatic carbocycles. The molecular weight excluding hydrogens is 311 g/mol. The molecule has 5 heteroatoms. The Morgan fingerprint density at radius 1 is 1.22 bits per heavy atom. The first-order valence-corrected chi connectivity index (χ1v) is 7.59. The Hall–Kier alpha value is -2.40. The number of nitrogens with one attached hydrogen (secondary N) is 1. The Bertz CT molecular complexity index is 656. The number of nitrogens with zero attached hydrogens (tertiary/aromatic N) is 1. The van der Waals surface area contributed by atoms with E-state index in [1.165, 1.54) is 12.1 Å². The summed E-state index contributed by atoms with van der Waals surface area (Å²) < 4.78 is 18.3. The molecule has 2 rings (SSSR count). The van der Waals surface area contributed by atoms with E-state index in [-0.39, 0.29) is 5.82 Å². The minimum absolute atomic E-state index is 0.270. The number of thiocarbonyl (C=S) groups is 1. The second-order valence-corrected chi connectivity index (χ2v) is 5.42. The van der Waals surface area contributed by atoms with E-state index in [4.69, 9.17) is 17.0 Å². The number of rotatable bonds is 6. The Labute approximate surface area is 141 Å². The molecule has 0 atom stereocenters. The third-order valence-corrected chi connectivity index (χ3v) is 3.57. The molecule has 23 heavy (non-hydrogen) atoms. The van der Waals surface area contributed by atoms with Gasteiger partial charge in [-0.05, 0) is 54.2 Å². The minimum atomic E-state index is -0.270. The number of hydrogen-bond acceptors (Lipinski definition) is 2. The van der Waals surface area contributed by atoms with Crippen molar-refractivity contribution in [3.05, 3.63) is 72.6 Å². The van der Waals surface area contributed by atoms with E-state index in [9.17, 15) is 4.39 Å². The van der Waals surface area contributed by atoms with Gasteiger partial charge in [0.15, 0.2) is 5.11 Å². The van der Waals surface area contributed by atoms with Crippen LogP contribution in [0.5, 0.6) is 5.75 Å². The number of anilines is 1. The third kappa shape index (κ3) is 5.38. The standard InChI is InChI=1S/C18H19FN2OS/c1-3-12-22-17-10-4-14(5-11-17)13-21(2)18(23)20-16-8-6-15(19)7-9-16/h3-11H,1,12-13H2,2H3,(H,20,23). The van der Waals surface area contributed by atoms with Gasteiger partial charge in [-0.3, -0.25) is 0 Å². The predicted octanol–water partition coefficient (Wildman–Crippen LogP) is 4.22. The molecule has 2 aromatic rings. The molecule has 0 radical (unpaired) electrons. The zero-order valence-corrected chi connectivity index (χ0v) is 13.8. The van der Waals surface area contributed by atoms with E-state index in [0.29, 0.717) is 18.3 Å². The van der Waals surface area contributed by atoms with Crippen LogP contribution >= 0.6 is 12.2 Å². The van der Waals surface area contributed by atoms with Gasteiger partial charge in [0.2, 0.25) is 0 Å². The average molecular weight is 330 g/mol. The van der Waals surface area contributed by atoms with Crippen molar-refractivity contribution in [2.75, 3.05) is 19.0 Å². The van der Waals surface area contributed by atoms with Crippen molar-refractivity contribution in [2.45, 2.75) is 6.54 Å². The van der Waals surface area contributed by atoms with E-state index in [1.54, 1.807) is 18.2 Å². The van der Waals surface area contributed by atoms with Crippen LogP contribution in [-0.4, -0.2) is 23.7 Å². The summed E-state index contributed by atoms with van der Waals surface area (Å²) in [5.41, 5.74) is 1.87. The van der Waals surface area contributed by atoms with Crippen LogP contribution in [0.4, 0.5) is 10.1 Å². The second-order valence-electron chi connectivity index (χ2n) is 5.04. The largest absolute Gasteiger partial charge is 0.490 e. The van der Waals surface area contributed by atoms with Crippen molar-refractivity contribution in [3.63, 3.8) is 0 Å². The lowest BCUT2D eigenvalue weighted by Gasteiger charge is -2.21. The fraction of sp³-hybridized carbons (Fsp3) is 0.167. The lowest BCUT2D eigenvalue weighted by Crippen LogP contribution is -2.30. The molecule has 0 fully saturated rings. The lowest BCUT2D eigenvalue weighted by atomic mass is 10.2. The summed E-state index contributed by atoms with van der Waals surface area (Å²) in [6.07, 6.45) is 1.71. The molecule has 0 saturated carbocycles. The van der Waals surface area contributed by atoms with Gasteiger partial charge in [0.05, 0.1) is 0 Å². The number of benzene rings is 2. The van der Waals surface area contributed by atoms with E-state index >= 15 is 0 Å². The fourth-order valence-electron chi connectivity index (χ4n) is 1.94. The van der Waals surface area contributed by atoms with Crippen LogP contribution in [0.25, 0.3) is 0 Å². The maximum absolute atomic E-state index is 12.9. The van der Waals surface area contributed by atoms with Crippen LogP contribution in [0.15, 0.2) is 61.2 Å². The molecule has 0 heterocycles. The molecule has 0 spiro atoms. The van der Waals surface area contributed by atoms with Crippen LogP contribution < -0.4 is 10.1 Å². The Morgan fingerprint density at radius 2 is 1.87 bits per heavy atom. The van der Waals surface area contributed by atoms with Crippen LogP contribution in [-0.2, 0) is 6.54 Å². The zero-order valence-electron chi connectivity index (χ0n) is 13.0. The van der Waals surface area contributed by atoms with Crippen LogP contribution in [0.3, 0.4) is 0 Å². The smallest absolute Gasteiger partial charge is 0.173 e. The highest BCUT2D eigenvalue weighted by Crippen LogP contribution is 2.14. The minimum Gasteiger partial charge on any atom is -0.490 e. The van der Waals surface area contributed by atoms with E-state index in [0.717, 1.165) is 17.0 Å². The van der Waals surface area contributed by atoms with Crippen molar-refractivity contribution < 1.29 is 9.13 Å². The molecule has 0 saturated heterocycles. The summed E-state index contributed by atoms with van der Waals surface area (Å²) >= 11 is 5.36. The summed E-state index contributed by atoms with van der Waals surface area (Å²) in [4.78, 5) is 1.91. The van der Waals surface area contributed by atoms with Crippen molar-refractivity contribution >= 4 is 23.0 Å². The van der Waals surface area contributed by atoms with Gasteiger partial charge in [0.25, 0.3) is 0 Å². The topological polar surface area (TPSA) is 24.5 Å². The Kier molecular flexibility index (Phi) is 6.11. The van der Waals surface area contributed by atoms with Crippen LogP contribution in [0, 0.1) is 5.82 Å². The van der Waals surface area contributed by atoms with Gasteiger partial charge in [0.1, 0.15) is 18.2 Å². The van der Waals surface area contributed by atoms with Gasteiger partial charge >= 0.3 is 0 Å². The Balaban J connectivity index is 1.89.